The summed E-state index contributed by atoms with van der Waals surface area (Å²) in [4.78, 5) is 22.4. The summed E-state index contributed by atoms with van der Waals surface area (Å²) >= 11 is 0. The average molecular weight is 415 g/mol. The fraction of sp³-hybridized carbons (Fsp3) is 0.250. The Morgan fingerprint density at radius 1 is 1.17 bits per heavy atom. The molecule has 0 saturated carbocycles. The van der Waals surface area contributed by atoms with Gasteiger partial charge >= 0.3 is 0 Å². The number of hydrogen-bond acceptors (Lipinski definition) is 5. The van der Waals surface area contributed by atoms with E-state index in [0.29, 0.717) is 18.4 Å². The molecule has 0 aromatic heterocycles. The third-order valence-corrected chi connectivity index (χ3v) is 5.95. The fourth-order valence-corrected chi connectivity index (χ4v) is 3.72. The number of benzene rings is 2. The topological polar surface area (TPSA) is 118 Å². The molecular formula is C20H21N3O5S. The molecular weight excluding hydrogens is 394 g/mol. The first-order valence-corrected chi connectivity index (χ1v) is 10.3. The van der Waals surface area contributed by atoms with Crippen molar-refractivity contribution in [2.45, 2.75) is 37.1 Å². The van der Waals surface area contributed by atoms with E-state index in [1.165, 1.54) is 42.5 Å². The van der Waals surface area contributed by atoms with Gasteiger partial charge in [-0.15, -0.1) is 6.42 Å². The summed E-state index contributed by atoms with van der Waals surface area (Å²) in [5, 5.41) is 13.7. The predicted octanol–water partition coefficient (Wildman–Crippen LogP) is 3.32. The Bertz CT molecular complexity index is 1050. The number of carbonyl (C=O) groups is 1. The third-order valence-electron chi connectivity index (χ3n) is 4.57. The van der Waals surface area contributed by atoms with Gasteiger partial charge in [-0.1, -0.05) is 25.8 Å². The molecule has 152 valence electrons. The highest BCUT2D eigenvalue weighted by molar-refractivity contribution is 7.92. The molecule has 2 rings (SSSR count). The summed E-state index contributed by atoms with van der Waals surface area (Å²) in [5.41, 5.74) is -0.532. The van der Waals surface area contributed by atoms with Crippen molar-refractivity contribution in [2.75, 3.05) is 4.72 Å². The van der Waals surface area contributed by atoms with Crippen LogP contribution < -0.4 is 10.0 Å². The SMILES string of the molecule is C#CC(CC)(CC)NC(=O)c1ccc(NS(=O)(=O)c2cccc([N+](=O)[O-])c2)cc1. The van der Waals surface area contributed by atoms with Crippen LogP contribution in [0.1, 0.15) is 37.0 Å². The van der Waals surface area contributed by atoms with Crippen LogP contribution >= 0.6 is 0 Å². The molecule has 2 aromatic rings. The molecule has 0 fully saturated rings. The lowest BCUT2D eigenvalue weighted by atomic mass is 9.93. The maximum absolute atomic E-state index is 12.5. The number of rotatable bonds is 8. The first-order valence-electron chi connectivity index (χ1n) is 8.84. The average Bonchev–Trinajstić information content (AvgIpc) is 2.72. The quantitative estimate of drug-likeness (QED) is 0.389. The zero-order chi connectivity index (χ0) is 21.7. The van der Waals surface area contributed by atoms with Crippen molar-refractivity contribution in [3.05, 3.63) is 64.2 Å². The lowest BCUT2D eigenvalue weighted by Crippen LogP contribution is -2.46. The van der Waals surface area contributed by atoms with Crippen molar-refractivity contribution in [3.63, 3.8) is 0 Å². The maximum atomic E-state index is 12.5. The smallest absolute Gasteiger partial charge is 0.270 e. The molecule has 8 nitrogen and oxygen atoms in total. The molecule has 0 aliphatic carbocycles. The van der Waals surface area contributed by atoms with Crippen LogP contribution in [0.2, 0.25) is 0 Å². The fourth-order valence-electron chi connectivity index (χ4n) is 2.62. The van der Waals surface area contributed by atoms with Crippen LogP contribution in [0.5, 0.6) is 0 Å². The second-order valence-corrected chi connectivity index (χ2v) is 8.01. The van der Waals surface area contributed by atoms with Gasteiger partial charge in [-0.25, -0.2) is 8.42 Å². The van der Waals surface area contributed by atoms with E-state index < -0.39 is 20.5 Å². The summed E-state index contributed by atoms with van der Waals surface area (Å²) in [6.45, 7) is 3.77. The number of amides is 1. The van der Waals surface area contributed by atoms with Crippen molar-refractivity contribution in [2.24, 2.45) is 0 Å². The van der Waals surface area contributed by atoms with E-state index in [2.05, 4.69) is 16.0 Å². The number of nitro groups is 1. The Hall–Kier alpha value is -3.38. The lowest BCUT2D eigenvalue weighted by molar-refractivity contribution is -0.385. The minimum atomic E-state index is -4.02. The standard InChI is InChI=1S/C20H21N3O5S/c1-4-20(5-2,6-3)21-19(24)15-10-12-16(13-11-15)22-29(27,28)18-9-7-8-17(14-18)23(25)26/h1,7-14,22H,5-6H2,2-3H3,(H,21,24). The van der Waals surface area contributed by atoms with Crippen LogP contribution in [0.15, 0.2) is 53.4 Å². The molecule has 9 heteroatoms. The highest BCUT2D eigenvalue weighted by Crippen LogP contribution is 2.21. The Morgan fingerprint density at radius 2 is 1.79 bits per heavy atom. The molecule has 0 spiro atoms. The van der Waals surface area contributed by atoms with Crippen molar-refractivity contribution in [1.82, 2.24) is 5.32 Å². The molecule has 0 saturated heterocycles. The van der Waals surface area contributed by atoms with Gasteiger partial charge in [0.25, 0.3) is 21.6 Å². The predicted molar refractivity (Wildman–Crippen MR) is 110 cm³/mol. The summed E-state index contributed by atoms with van der Waals surface area (Å²) in [7, 11) is -4.02. The molecule has 2 N–H and O–H groups in total. The van der Waals surface area contributed by atoms with Crippen molar-refractivity contribution in [3.8, 4) is 12.3 Å². The third kappa shape index (κ3) is 5.12. The normalized spacial score (nSPS) is 11.3. The molecule has 2 aromatic carbocycles. The zero-order valence-electron chi connectivity index (χ0n) is 16.0. The van der Waals surface area contributed by atoms with Gasteiger partial charge in [0, 0.05) is 23.4 Å². The number of hydrogen-bond donors (Lipinski definition) is 2. The van der Waals surface area contributed by atoms with Crippen LogP contribution in [0, 0.1) is 22.5 Å². The highest BCUT2D eigenvalue weighted by atomic mass is 32.2. The summed E-state index contributed by atoms with van der Waals surface area (Å²) in [6.07, 6.45) is 6.70. The van der Waals surface area contributed by atoms with Gasteiger partial charge in [-0.3, -0.25) is 19.6 Å². The Morgan fingerprint density at radius 3 is 2.31 bits per heavy atom. The lowest BCUT2D eigenvalue weighted by Gasteiger charge is -2.27. The van der Waals surface area contributed by atoms with Crippen LogP contribution in [-0.4, -0.2) is 24.8 Å². The molecule has 0 atom stereocenters. The summed E-state index contributed by atoms with van der Waals surface area (Å²) in [5.74, 6) is 2.26. The summed E-state index contributed by atoms with van der Waals surface area (Å²) < 4.78 is 27.3. The zero-order valence-corrected chi connectivity index (χ0v) is 16.8. The van der Waals surface area contributed by atoms with E-state index in [0.717, 1.165) is 6.07 Å². The molecule has 29 heavy (non-hydrogen) atoms. The van der Waals surface area contributed by atoms with Crippen LogP contribution in [0.3, 0.4) is 0 Å². The number of non-ortho nitro benzene ring substituents is 1. The van der Waals surface area contributed by atoms with Gasteiger partial charge in [-0.2, -0.15) is 0 Å². The number of nitrogens with zero attached hydrogens (tertiary/aromatic N) is 1. The van der Waals surface area contributed by atoms with Gasteiger partial charge in [0.05, 0.1) is 9.82 Å². The second kappa shape index (κ2) is 8.75. The Kier molecular flexibility index (Phi) is 6.61. The van der Waals surface area contributed by atoms with E-state index >= 15 is 0 Å². The number of anilines is 1. The van der Waals surface area contributed by atoms with Gasteiger partial charge in [-0.05, 0) is 43.2 Å². The van der Waals surface area contributed by atoms with Crippen LogP contribution in [0.25, 0.3) is 0 Å². The molecule has 0 aliphatic rings. The molecule has 0 unspecified atom stereocenters. The molecule has 0 bridgehead atoms. The van der Waals surface area contributed by atoms with Gasteiger partial charge in [0.1, 0.15) is 5.54 Å². The van der Waals surface area contributed by atoms with E-state index in [-0.39, 0.29) is 22.2 Å². The largest absolute Gasteiger partial charge is 0.336 e. The highest BCUT2D eigenvalue weighted by Gasteiger charge is 2.26. The first kappa shape index (κ1) is 21.9. The van der Waals surface area contributed by atoms with Gasteiger partial charge in [0.15, 0.2) is 0 Å². The van der Waals surface area contributed by atoms with Crippen LogP contribution in [0.4, 0.5) is 11.4 Å². The number of sulfonamides is 1. The first-order chi connectivity index (χ1) is 13.7. The van der Waals surface area contributed by atoms with Gasteiger partial charge in [0.2, 0.25) is 0 Å². The Labute approximate surface area is 169 Å². The Balaban J connectivity index is 2.18. The molecule has 0 heterocycles. The van der Waals surface area contributed by atoms with E-state index in [1.54, 1.807) is 0 Å². The molecule has 0 aliphatic heterocycles. The number of nitro benzene ring substituents is 1. The van der Waals surface area contributed by atoms with E-state index in [4.69, 9.17) is 6.42 Å². The van der Waals surface area contributed by atoms with E-state index in [1.807, 2.05) is 13.8 Å². The minimum absolute atomic E-state index is 0.210. The second-order valence-electron chi connectivity index (χ2n) is 6.32. The minimum Gasteiger partial charge on any atom is -0.336 e. The van der Waals surface area contributed by atoms with E-state index in [9.17, 15) is 23.3 Å². The molecule has 1 amide bonds. The van der Waals surface area contributed by atoms with Crippen LogP contribution in [-0.2, 0) is 10.0 Å². The van der Waals surface area contributed by atoms with Gasteiger partial charge < -0.3 is 5.32 Å². The maximum Gasteiger partial charge on any atom is 0.270 e. The van der Waals surface area contributed by atoms with Crippen molar-refractivity contribution in [1.29, 1.82) is 0 Å². The monoisotopic (exact) mass is 415 g/mol. The number of nitrogens with one attached hydrogen (secondary N) is 2. The number of carbonyl (C=O) groups excluding carboxylic acids is 1. The number of terminal acetylenes is 1. The van der Waals surface area contributed by atoms with Crippen molar-refractivity contribution >= 4 is 27.3 Å². The van der Waals surface area contributed by atoms with Crippen molar-refractivity contribution < 1.29 is 18.1 Å². The summed E-state index contributed by atoms with van der Waals surface area (Å²) in [6, 6.07) is 10.5. The molecule has 0 radical (unpaired) electrons.